The summed E-state index contributed by atoms with van der Waals surface area (Å²) in [5.74, 6) is -5.49. The van der Waals surface area contributed by atoms with Crippen molar-refractivity contribution in [2.45, 2.75) is 18.8 Å². The number of aromatic nitrogens is 4. The van der Waals surface area contributed by atoms with Crippen molar-refractivity contribution in [1.29, 1.82) is 0 Å². The molecule has 0 saturated heterocycles. The van der Waals surface area contributed by atoms with Gasteiger partial charge in [0.05, 0.1) is 29.6 Å². The summed E-state index contributed by atoms with van der Waals surface area (Å²) in [6, 6.07) is 6.20. The van der Waals surface area contributed by atoms with E-state index in [2.05, 4.69) is 25.7 Å². The van der Waals surface area contributed by atoms with Gasteiger partial charge in [-0.3, -0.25) is 14.3 Å². The first-order valence-corrected chi connectivity index (χ1v) is 10.00. The maximum atomic E-state index is 14.6. The number of pyridine rings is 1. The van der Waals surface area contributed by atoms with Crippen LogP contribution in [0.25, 0.3) is 11.4 Å². The molecule has 4 N–H and O–H groups in total. The number of ether oxygens (including phenoxy) is 1. The second kappa shape index (κ2) is 8.45. The maximum absolute atomic E-state index is 14.6. The molecule has 1 aliphatic rings. The highest BCUT2D eigenvalue weighted by Gasteiger charge is 2.42. The first kappa shape index (κ1) is 22.1. The zero-order chi connectivity index (χ0) is 23.8. The maximum Gasteiger partial charge on any atom is 0.353 e. The Bertz CT molecular complexity index is 1220. The van der Waals surface area contributed by atoms with Gasteiger partial charge < -0.3 is 21.1 Å². The standard InChI is InChI=1S/C21H21F2N7O3/c1-30-10-26-18(29-30)12-4-3-5-14(17(12)33-2)27-15-8-16(28-19(31)11-6-7-11)25-9-13(15)21(22,23)20(24)32/h3-5,8-11H,6-7H2,1-2H3,(H2,24,32)(H2,25,27,28,31). The van der Waals surface area contributed by atoms with Crippen molar-refractivity contribution in [2.24, 2.45) is 18.7 Å². The normalized spacial score (nSPS) is 13.5. The van der Waals surface area contributed by atoms with Crippen LogP contribution in [0.1, 0.15) is 18.4 Å². The summed E-state index contributed by atoms with van der Waals surface area (Å²) in [5, 5.41) is 9.71. The van der Waals surface area contributed by atoms with E-state index in [9.17, 15) is 18.4 Å². The summed E-state index contributed by atoms with van der Waals surface area (Å²) < 4.78 is 36.2. The van der Waals surface area contributed by atoms with Gasteiger partial charge in [-0.25, -0.2) is 9.97 Å². The van der Waals surface area contributed by atoms with Gasteiger partial charge in [0.15, 0.2) is 11.6 Å². The van der Waals surface area contributed by atoms with Gasteiger partial charge in [0.2, 0.25) is 5.91 Å². The van der Waals surface area contributed by atoms with E-state index in [1.807, 2.05) is 0 Å². The van der Waals surface area contributed by atoms with Gasteiger partial charge in [-0.15, -0.1) is 0 Å². The van der Waals surface area contributed by atoms with Crippen LogP contribution in [0.4, 0.5) is 26.0 Å². The number of hydrogen-bond donors (Lipinski definition) is 3. The minimum atomic E-state index is -4.01. The molecule has 1 aromatic carbocycles. The number of primary amides is 1. The zero-order valence-electron chi connectivity index (χ0n) is 17.8. The number of nitrogens with two attached hydrogens (primary N) is 1. The van der Waals surface area contributed by atoms with Crippen LogP contribution in [0.15, 0.2) is 36.8 Å². The van der Waals surface area contributed by atoms with Crippen LogP contribution in [0.2, 0.25) is 0 Å². The molecule has 0 spiro atoms. The molecular weight excluding hydrogens is 436 g/mol. The molecule has 3 aromatic rings. The first-order valence-electron chi connectivity index (χ1n) is 10.00. The van der Waals surface area contributed by atoms with Gasteiger partial charge >= 0.3 is 5.92 Å². The Labute approximate surface area is 187 Å². The fourth-order valence-electron chi connectivity index (χ4n) is 3.22. The van der Waals surface area contributed by atoms with Crippen molar-refractivity contribution < 1.29 is 23.1 Å². The van der Waals surface area contributed by atoms with Gasteiger partial charge in [-0.05, 0) is 25.0 Å². The second-order valence-corrected chi connectivity index (χ2v) is 7.57. The SMILES string of the molecule is COc1c(Nc2cc(NC(=O)C3CC3)ncc2C(F)(F)C(N)=O)cccc1-c1ncn(C)n1. The van der Waals surface area contributed by atoms with Crippen LogP contribution >= 0.6 is 0 Å². The Kier molecular flexibility index (Phi) is 5.66. The van der Waals surface area contributed by atoms with Gasteiger partial charge in [-0.1, -0.05) is 6.07 Å². The van der Waals surface area contributed by atoms with Crippen molar-refractivity contribution in [2.75, 3.05) is 17.7 Å². The Balaban J connectivity index is 1.77. The van der Waals surface area contributed by atoms with Crippen LogP contribution in [0.5, 0.6) is 5.75 Å². The van der Waals surface area contributed by atoms with E-state index < -0.39 is 17.4 Å². The summed E-state index contributed by atoms with van der Waals surface area (Å²) >= 11 is 0. The molecule has 172 valence electrons. The van der Waals surface area contributed by atoms with E-state index in [1.54, 1.807) is 25.2 Å². The monoisotopic (exact) mass is 457 g/mol. The predicted molar refractivity (Wildman–Crippen MR) is 115 cm³/mol. The second-order valence-electron chi connectivity index (χ2n) is 7.57. The molecule has 10 nitrogen and oxygen atoms in total. The fourth-order valence-corrected chi connectivity index (χ4v) is 3.22. The van der Waals surface area contributed by atoms with Crippen molar-refractivity contribution in [1.82, 2.24) is 19.7 Å². The third-order valence-corrected chi connectivity index (χ3v) is 5.08. The Morgan fingerprint density at radius 3 is 2.61 bits per heavy atom. The molecule has 4 rings (SSSR count). The van der Waals surface area contributed by atoms with E-state index in [1.165, 1.54) is 24.2 Å². The highest BCUT2D eigenvalue weighted by molar-refractivity contribution is 5.94. The summed E-state index contributed by atoms with van der Waals surface area (Å²) in [5.41, 5.74) is 4.83. The molecule has 0 bridgehead atoms. The van der Waals surface area contributed by atoms with E-state index in [4.69, 9.17) is 10.5 Å². The highest BCUT2D eigenvalue weighted by Crippen LogP contribution is 2.40. The number of halogens is 2. The molecule has 2 heterocycles. The number of hydrogen-bond acceptors (Lipinski definition) is 7. The highest BCUT2D eigenvalue weighted by atomic mass is 19.3. The third-order valence-electron chi connectivity index (χ3n) is 5.08. The van der Waals surface area contributed by atoms with Gasteiger partial charge in [0.1, 0.15) is 12.1 Å². The number of alkyl halides is 2. The molecule has 0 radical (unpaired) electrons. The summed E-state index contributed by atoms with van der Waals surface area (Å²) in [6.45, 7) is 0. The van der Waals surface area contributed by atoms with Gasteiger partial charge in [-0.2, -0.15) is 13.9 Å². The largest absolute Gasteiger partial charge is 0.494 e. The first-order chi connectivity index (χ1) is 15.7. The molecule has 12 heteroatoms. The van der Waals surface area contributed by atoms with Crippen molar-refractivity contribution in [3.05, 3.63) is 42.4 Å². The Morgan fingerprint density at radius 2 is 2.00 bits per heavy atom. The Morgan fingerprint density at radius 1 is 1.24 bits per heavy atom. The summed E-state index contributed by atoms with van der Waals surface area (Å²) in [6.07, 6.45) is 3.85. The van der Waals surface area contributed by atoms with Crippen LogP contribution in [-0.2, 0) is 22.6 Å². The summed E-state index contributed by atoms with van der Waals surface area (Å²) in [7, 11) is 3.12. The van der Waals surface area contributed by atoms with Crippen molar-refractivity contribution in [3.8, 4) is 17.1 Å². The quantitative estimate of drug-likeness (QED) is 0.473. The lowest BCUT2D eigenvalue weighted by atomic mass is 10.1. The molecule has 2 aromatic heterocycles. The molecule has 1 saturated carbocycles. The number of carbonyl (C=O) groups excluding carboxylic acids is 2. The smallest absolute Gasteiger partial charge is 0.353 e. The molecule has 1 fully saturated rings. The molecule has 0 atom stereocenters. The predicted octanol–water partition coefficient (Wildman–Crippen LogP) is 2.55. The molecule has 1 aliphatic carbocycles. The van der Waals surface area contributed by atoms with E-state index >= 15 is 0 Å². The summed E-state index contributed by atoms with van der Waals surface area (Å²) in [4.78, 5) is 31.6. The third kappa shape index (κ3) is 4.45. The molecule has 33 heavy (non-hydrogen) atoms. The average molecular weight is 457 g/mol. The number of methoxy groups -OCH3 is 1. The number of benzene rings is 1. The number of para-hydroxylation sites is 1. The number of amides is 2. The zero-order valence-corrected chi connectivity index (χ0v) is 17.8. The minimum Gasteiger partial charge on any atom is -0.494 e. The molecule has 2 amide bonds. The number of carbonyl (C=O) groups is 2. The molecule has 0 unspecified atom stereocenters. The molecular formula is C21H21F2N7O3. The lowest BCUT2D eigenvalue weighted by molar-refractivity contribution is -0.143. The van der Waals surface area contributed by atoms with Gasteiger partial charge in [0, 0.05) is 25.2 Å². The van der Waals surface area contributed by atoms with E-state index in [0.29, 0.717) is 17.1 Å². The fraction of sp³-hybridized carbons (Fsp3) is 0.286. The number of nitrogens with zero attached hydrogens (tertiary/aromatic N) is 4. The number of aryl methyl sites for hydroxylation is 1. The van der Waals surface area contributed by atoms with Crippen LogP contribution in [-0.4, -0.2) is 38.7 Å². The average Bonchev–Trinajstić information content (AvgIpc) is 3.54. The van der Waals surface area contributed by atoms with Crippen LogP contribution < -0.4 is 21.1 Å². The number of nitrogens with one attached hydrogen (secondary N) is 2. The van der Waals surface area contributed by atoms with Crippen molar-refractivity contribution in [3.63, 3.8) is 0 Å². The topological polar surface area (TPSA) is 137 Å². The van der Waals surface area contributed by atoms with Crippen LogP contribution in [0, 0.1) is 5.92 Å². The van der Waals surface area contributed by atoms with Gasteiger partial charge in [0.25, 0.3) is 5.91 Å². The minimum absolute atomic E-state index is 0.0555. The van der Waals surface area contributed by atoms with E-state index in [0.717, 1.165) is 19.0 Å². The lowest BCUT2D eigenvalue weighted by Crippen LogP contribution is -2.33. The van der Waals surface area contributed by atoms with Crippen LogP contribution in [0.3, 0.4) is 0 Å². The van der Waals surface area contributed by atoms with Crippen molar-refractivity contribution >= 4 is 29.0 Å². The lowest BCUT2D eigenvalue weighted by Gasteiger charge is -2.20. The van der Waals surface area contributed by atoms with E-state index in [-0.39, 0.29) is 29.1 Å². The Hall–Kier alpha value is -4.09. The number of anilines is 3. The number of rotatable bonds is 8. The molecule has 0 aliphatic heterocycles.